The van der Waals surface area contributed by atoms with Crippen LogP contribution in [0.1, 0.15) is 101 Å². The lowest BCUT2D eigenvalue weighted by atomic mass is 9.53. The SMILES string of the molecule is COc1ccc(C2CCCCC2)c2c1cc1n2CC2=C(C(=O)NS(=O)(=O)C(C)C)C2=C2C=CC[C@@H](C(=O)N3CC45CCC4(C3)CN(C(=O)N3CCCC3)C5)[C@@H]21. The van der Waals surface area contributed by atoms with Crippen molar-refractivity contribution in [3.05, 3.63) is 63.9 Å². The highest BCUT2D eigenvalue weighted by molar-refractivity contribution is 7.90. The highest BCUT2D eigenvalue weighted by Gasteiger charge is 2.70. The Morgan fingerprint density at radius 2 is 1.60 bits per heavy atom. The van der Waals surface area contributed by atoms with Crippen LogP contribution in [0.3, 0.4) is 0 Å². The normalized spacial score (nSPS) is 29.9. The number of urea groups is 1. The highest BCUT2D eigenvalue weighted by atomic mass is 32.2. The Balaban J connectivity index is 1.04. The van der Waals surface area contributed by atoms with Crippen LogP contribution < -0.4 is 9.46 Å². The van der Waals surface area contributed by atoms with Crippen LogP contribution in [0.25, 0.3) is 10.9 Å². The first-order valence-corrected chi connectivity index (χ1v) is 22.2. The molecular formula is C43H53N5O6S. The minimum absolute atomic E-state index is 0.0527. The number of methoxy groups -OCH3 is 1. The van der Waals surface area contributed by atoms with Gasteiger partial charge in [-0.15, -0.1) is 0 Å². The van der Waals surface area contributed by atoms with Crippen LogP contribution >= 0.6 is 0 Å². The van der Waals surface area contributed by atoms with Gasteiger partial charge in [0.05, 0.1) is 29.4 Å². The minimum Gasteiger partial charge on any atom is -0.496 e. The van der Waals surface area contributed by atoms with Gasteiger partial charge in [-0.1, -0.05) is 37.5 Å². The Kier molecular flexibility index (Phi) is 8.02. The molecule has 292 valence electrons. The van der Waals surface area contributed by atoms with Gasteiger partial charge in [0.25, 0.3) is 5.91 Å². The molecule has 4 amide bonds. The molecule has 12 heteroatoms. The van der Waals surface area contributed by atoms with Gasteiger partial charge in [0.15, 0.2) is 0 Å². The zero-order valence-electron chi connectivity index (χ0n) is 32.4. The summed E-state index contributed by atoms with van der Waals surface area (Å²) in [7, 11) is -2.14. The lowest BCUT2D eigenvalue weighted by molar-refractivity contribution is -0.135. The number of amides is 4. The summed E-state index contributed by atoms with van der Waals surface area (Å²) in [4.78, 5) is 48.7. The molecule has 2 aromatic rings. The van der Waals surface area contributed by atoms with Gasteiger partial charge >= 0.3 is 6.03 Å². The van der Waals surface area contributed by atoms with Crippen molar-refractivity contribution >= 4 is 38.8 Å². The third-order valence-corrected chi connectivity index (χ3v) is 16.7. The summed E-state index contributed by atoms with van der Waals surface area (Å²) in [5.74, 6) is 0.0186. The first-order valence-electron chi connectivity index (χ1n) is 20.7. The topological polar surface area (TPSA) is 121 Å². The van der Waals surface area contributed by atoms with Crippen molar-refractivity contribution in [2.45, 2.75) is 102 Å². The zero-order valence-corrected chi connectivity index (χ0v) is 33.2. The largest absolute Gasteiger partial charge is 0.496 e. The van der Waals surface area contributed by atoms with Gasteiger partial charge in [-0.2, -0.15) is 0 Å². The van der Waals surface area contributed by atoms with Gasteiger partial charge in [-0.25, -0.2) is 17.9 Å². The number of likely N-dealkylation sites (tertiary alicyclic amines) is 3. The molecule has 11 nitrogen and oxygen atoms in total. The predicted molar refractivity (Wildman–Crippen MR) is 209 cm³/mol. The summed E-state index contributed by atoms with van der Waals surface area (Å²) in [6.07, 6.45) is 14.8. The summed E-state index contributed by atoms with van der Waals surface area (Å²) in [6.45, 7) is 8.01. The lowest BCUT2D eigenvalue weighted by Gasteiger charge is -2.48. The number of carbonyl (C=O) groups is 3. The van der Waals surface area contributed by atoms with E-state index in [1.54, 1.807) is 21.0 Å². The van der Waals surface area contributed by atoms with E-state index in [0.29, 0.717) is 37.5 Å². The molecule has 3 saturated heterocycles. The predicted octanol–water partition coefficient (Wildman–Crippen LogP) is 5.97. The van der Waals surface area contributed by atoms with E-state index in [1.807, 2.05) is 4.90 Å². The molecule has 55 heavy (non-hydrogen) atoms. The van der Waals surface area contributed by atoms with E-state index < -0.39 is 27.1 Å². The Bertz CT molecular complexity index is 2220. The van der Waals surface area contributed by atoms with Crippen molar-refractivity contribution in [3.63, 3.8) is 0 Å². The summed E-state index contributed by atoms with van der Waals surface area (Å²) in [5.41, 5.74) is 6.34. The number of hydrogen-bond donors (Lipinski definition) is 1. The van der Waals surface area contributed by atoms with Crippen LogP contribution in [-0.4, -0.2) is 97.2 Å². The molecule has 0 radical (unpaired) electrons. The number of fused-ring (bicyclic) bond motifs is 6. The molecule has 8 aliphatic rings. The number of sulfonamides is 1. The molecule has 1 aromatic carbocycles. The molecule has 4 atom stereocenters. The number of nitrogens with one attached hydrogen (secondary N) is 1. The van der Waals surface area contributed by atoms with E-state index in [2.05, 4.69) is 49.4 Å². The van der Waals surface area contributed by atoms with E-state index in [9.17, 15) is 18.0 Å². The van der Waals surface area contributed by atoms with Crippen molar-refractivity contribution < 1.29 is 27.5 Å². The molecule has 0 spiro atoms. The van der Waals surface area contributed by atoms with Crippen molar-refractivity contribution in [1.82, 2.24) is 24.0 Å². The summed E-state index contributed by atoms with van der Waals surface area (Å²) < 4.78 is 36.5. The molecule has 1 aromatic heterocycles. The van der Waals surface area contributed by atoms with E-state index in [4.69, 9.17) is 4.74 Å². The maximum atomic E-state index is 15.2. The number of rotatable bonds is 6. The zero-order chi connectivity index (χ0) is 38.0. The van der Waals surface area contributed by atoms with Gasteiger partial charge in [-0.05, 0) is 99.1 Å². The summed E-state index contributed by atoms with van der Waals surface area (Å²) in [5, 5.41) is 0.269. The third-order valence-electron chi connectivity index (χ3n) is 15.0. The van der Waals surface area contributed by atoms with Crippen LogP contribution in [0.15, 0.2) is 52.6 Å². The van der Waals surface area contributed by atoms with Gasteiger partial charge in [0, 0.05) is 73.6 Å². The van der Waals surface area contributed by atoms with E-state index in [1.165, 1.54) is 24.8 Å². The van der Waals surface area contributed by atoms with Crippen LogP contribution in [0, 0.1) is 16.7 Å². The second kappa shape index (κ2) is 12.5. The van der Waals surface area contributed by atoms with Gasteiger partial charge in [0.1, 0.15) is 5.75 Å². The minimum atomic E-state index is -3.85. The molecule has 4 aliphatic heterocycles. The Morgan fingerprint density at radius 3 is 2.25 bits per heavy atom. The fourth-order valence-corrected chi connectivity index (χ4v) is 12.5. The van der Waals surface area contributed by atoms with E-state index in [0.717, 1.165) is 104 Å². The standard InChI is InChI=1S/C43H53N5O6S/c1-26(2)55(52,53)44-39(49)37-32-21-48-33(20-31-34(54-3)15-14-28(38(31)48)27-10-5-4-6-11-27)35-29(36(32)37)12-9-13-30(35)40(50)46-22-42-16-17-43(42,23-46)25-47(24-42)41(51)45-18-7-8-19-45/h9,12,14-15,20,26-27,30,35H,4-8,10-11,13,16-19,21-25H2,1-3H3,(H,44,49)/t30-,35-,42?,43?/m1/s1. The summed E-state index contributed by atoms with van der Waals surface area (Å²) in [6, 6.07) is 6.70. The van der Waals surface area contributed by atoms with Crippen LogP contribution in [0.2, 0.25) is 0 Å². The van der Waals surface area contributed by atoms with Crippen molar-refractivity contribution in [2.24, 2.45) is 16.7 Å². The van der Waals surface area contributed by atoms with Crippen LogP contribution in [0.4, 0.5) is 4.79 Å². The average Bonchev–Trinajstić information content (AvgIpc) is 3.40. The molecule has 0 bridgehead atoms. The molecule has 2 saturated carbocycles. The Hall–Kier alpha value is -4.06. The molecule has 2 unspecified atom stereocenters. The van der Waals surface area contributed by atoms with Gasteiger partial charge in [-0.3, -0.25) is 9.59 Å². The van der Waals surface area contributed by atoms with Crippen molar-refractivity contribution in [3.8, 4) is 5.75 Å². The maximum Gasteiger partial charge on any atom is 0.320 e. The smallest absolute Gasteiger partial charge is 0.320 e. The first-order chi connectivity index (χ1) is 26.5. The second-order valence-corrected chi connectivity index (χ2v) is 20.4. The van der Waals surface area contributed by atoms with E-state index in [-0.39, 0.29) is 28.7 Å². The third kappa shape index (κ3) is 5.17. The van der Waals surface area contributed by atoms with Crippen molar-refractivity contribution in [1.29, 1.82) is 0 Å². The monoisotopic (exact) mass is 767 g/mol. The Labute approximate surface area is 323 Å². The van der Waals surface area contributed by atoms with E-state index >= 15 is 4.79 Å². The van der Waals surface area contributed by atoms with Gasteiger partial charge < -0.3 is 24.0 Å². The number of allylic oxidation sites excluding steroid dienone is 4. The number of nitrogens with zero attached hydrogens (tertiary/aromatic N) is 4. The number of benzene rings is 1. The highest BCUT2D eigenvalue weighted by Crippen LogP contribution is 2.66. The second-order valence-electron chi connectivity index (χ2n) is 18.1. The Morgan fingerprint density at radius 1 is 0.909 bits per heavy atom. The van der Waals surface area contributed by atoms with Crippen LogP contribution in [-0.2, 0) is 26.2 Å². The maximum absolute atomic E-state index is 15.2. The van der Waals surface area contributed by atoms with Gasteiger partial charge in [0.2, 0.25) is 15.9 Å². The fraction of sp³-hybridized carbons (Fsp3) is 0.605. The molecule has 10 rings (SSSR count). The van der Waals surface area contributed by atoms with Crippen molar-refractivity contribution in [2.75, 3.05) is 46.4 Å². The number of aromatic nitrogens is 1. The number of carbonyl (C=O) groups excluding carboxylic acids is 3. The number of ether oxygens (including phenoxy) is 1. The molecule has 5 heterocycles. The van der Waals surface area contributed by atoms with Crippen LogP contribution in [0.5, 0.6) is 5.75 Å². The lowest BCUT2D eigenvalue weighted by Crippen LogP contribution is -2.49. The molecular weight excluding hydrogens is 715 g/mol. The quantitative estimate of drug-likeness (QED) is 0.387. The molecule has 1 N–H and O–H groups in total. The molecule has 4 aliphatic carbocycles. The fourth-order valence-electron chi connectivity index (χ4n) is 11.9. The molecule has 5 fully saturated rings. The average molecular weight is 768 g/mol. The first kappa shape index (κ1) is 35.4. The number of hydrogen-bond acceptors (Lipinski definition) is 6. The summed E-state index contributed by atoms with van der Waals surface area (Å²) >= 11 is 0.